The number of nitrogens with zero attached hydrogens (tertiary/aromatic N) is 1. The second kappa shape index (κ2) is 4.91. The first-order valence-corrected chi connectivity index (χ1v) is 8.21. The fourth-order valence-electron chi connectivity index (χ4n) is 2.08. The number of hydrogen-bond acceptors (Lipinski definition) is 5. The van der Waals surface area contributed by atoms with E-state index in [-0.39, 0.29) is 11.8 Å². The molecule has 0 saturated heterocycles. The Labute approximate surface area is 105 Å². The van der Waals surface area contributed by atoms with E-state index in [0.717, 1.165) is 23.4 Å². The van der Waals surface area contributed by atoms with Crippen LogP contribution in [0, 0.1) is 0 Å². The summed E-state index contributed by atoms with van der Waals surface area (Å²) in [7, 11) is -3.12. The molecule has 0 aromatic carbocycles. The lowest BCUT2D eigenvalue weighted by molar-refractivity contribution is 0.507. The highest BCUT2D eigenvalue weighted by molar-refractivity contribution is 7.89. The first kappa shape index (κ1) is 12.8. The third kappa shape index (κ3) is 3.17. The average Bonchev–Trinajstić information content (AvgIpc) is 2.56. The highest BCUT2D eigenvalue weighted by atomic mass is 32.2. The molecule has 17 heavy (non-hydrogen) atoms. The van der Waals surface area contributed by atoms with Crippen molar-refractivity contribution in [3.8, 4) is 0 Å². The predicted molar refractivity (Wildman–Crippen MR) is 69.6 cm³/mol. The van der Waals surface area contributed by atoms with Gasteiger partial charge in [-0.25, -0.2) is 18.1 Å². The number of nitrogens with one attached hydrogen (secondary N) is 1. The van der Waals surface area contributed by atoms with Gasteiger partial charge in [-0.3, -0.25) is 0 Å². The molecule has 1 aliphatic rings. The maximum Gasteiger partial charge on any atom is 0.211 e. The number of rotatable bonds is 4. The summed E-state index contributed by atoms with van der Waals surface area (Å²) >= 11 is 1.47. The van der Waals surface area contributed by atoms with Crippen LogP contribution in [-0.2, 0) is 22.9 Å². The number of sulfonamides is 1. The zero-order valence-electron chi connectivity index (χ0n) is 9.77. The first-order chi connectivity index (χ1) is 8.00. The van der Waals surface area contributed by atoms with Crippen molar-refractivity contribution in [1.82, 2.24) is 9.71 Å². The molecule has 2 rings (SSSR count). The Balaban J connectivity index is 2.03. The second-order valence-electron chi connectivity index (χ2n) is 4.30. The fraction of sp³-hybridized carbons (Fsp3) is 0.700. The van der Waals surface area contributed by atoms with Crippen molar-refractivity contribution in [1.29, 1.82) is 0 Å². The van der Waals surface area contributed by atoms with E-state index in [2.05, 4.69) is 9.71 Å². The number of nitrogen functional groups attached to an aromatic ring is 1. The zero-order valence-corrected chi connectivity index (χ0v) is 11.4. The topological polar surface area (TPSA) is 85.1 Å². The van der Waals surface area contributed by atoms with Crippen molar-refractivity contribution in [2.45, 2.75) is 38.6 Å². The average molecular weight is 275 g/mol. The molecule has 0 spiro atoms. The van der Waals surface area contributed by atoms with E-state index in [9.17, 15) is 8.42 Å². The van der Waals surface area contributed by atoms with Crippen LogP contribution in [-0.4, -0.2) is 25.2 Å². The predicted octanol–water partition coefficient (Wildman–Crippen LogP) is 0.912. The minimum atomic E-state index is -3.12. The lowest BCUT2D eigenvalue weighted by Crippen LogP contribution is -2.39. The summed E-state index contributed by atoms with van der Waals surface area (Å²) in [5.41, 5.74) is 6.69. The minimum absolute atomic E-state index is 0.00102. The Morgan fingerprint density at radius 3 is 3.06 bits per heavy atom. The molecule has 0 aliphatic heterocycles. The van der Waals surface area contributed by atoms with Crippen molar-refractivity contribution in [3.63, 3.8) is 0 Å². The Hall–Kier alpha value is -0.660. The van der Waals surface area contributed by atoms with E-state index < -0.39 is 10.0 Å². The monoisotopic (exact) mass is 275 g/mol. The SMILES string of the molecule is CCCS(=O)(=O)NC1CCc2nc(N)sc2C1. The molecule has 0 saturated carbocycles. The summed E-state index contributed by atoms with van der Waals surface area (Å²) < 4.78 is 26.1. The molecule has 1 heterocycles. The largest absolute Gasteiger partial charge is 0.375 e. The van der Waals surface area contributed by atoms with E-state index >= 15 is 0 Å². The fourth-order valence-corrected chi connectivity index (χ4v) is 4.40. The summed E-state index contributed by atoms with van der Waals surface area (Å²) in [6, 6.07) is -0.00102. The van der Waals surface area contributed by atoms with Crippen LogP contribution >= 0.6 is 11.3 Å². The van der Waals surface area contributed by atoms with Crippen molar-refractivity contribution in [2.24, 2.45) is 0 Å². The number of hydrogen-bond donors (Lipinski definition) is 2. The van der Waals surface area contributed by atoms with E-state index in [1.54, 1.807) is 0 Å². The Morgan fingerprint density at radius 1 is 1.59 bits per heavy atom. The lowest BCUT2D eigenvalue weighted by atomic mass is 9.99. The molecule has 1 aromatic rings. The van der Waals surface area contributed by atoms with Gasteiger partial charge in [-0.1, -0.05) is 6.92 Å². The Morgan fingerprint density at radius 2 is 2.35 bits per heavy atom. The quantitative estimate of drug-likeness (QED) is 0.855. The molecule has 0 radical (unpaired) electrons. The minimum Gasteiger partial charge on any atom is -0.375 e. The number of fused-ring (bicyclic) bond motifs is 1. The van der Waals surface area contributed by atoms with Crippen LogP contribution in [0.15, 0.2) is 0 Å². The van der Waals surface area contributed by atoms with Crippen molar-refractivity contribution >= 4 is 26.5 Å². The molecule has 1 unspecified atom stereocenters. The Kier molecular flexibility index (Phi) is 3.70. The van der Waals surface area contributed by atoms with Gasteiger partial charge in [-0.05, 0) is 19.3 Å². The van der Waals surface area contributed by atoms with Gasteiger partial charge < -0.3 is 5.73 Å². The molecule has 3 N–H and O–H groups in total. The third-order valence-electron chi connectivity index (χ3n) is 2.78. The van der Waals surface area contributed by atoms with E-state index in [0.29, 0.717) is 18.0 Å². The molecule has 0 bridgehead atoms. The molecule has 0 amide bonds. The number of nitrogens with two attached hydrogens (primary N) is 1. The molecule has 7 heteroatoms. The summed E-state index contributed by atoms with van der Waals surface area (Å²) in [6.07, 6.45) is 2.97. The number of aromatic nitrogens is 1. The van der Waals surface area contributed by atoms with Crippen LogP contribution in [0.4, 0.5) is 5.13 Å². The molecular formula is C10H17N3O2S2. The highest BCUT2D eigenvalue weighted by Crippen LogP contribution is 2.28. The second-order valence-corrected chi connectivity index (χ2v) is 7.29. The third-order valence-corrected chi connectivity index (χ3v) is 5.36. The van der Waals surface area contributed by atoms with Gasteiger partial charge in [0, 0.05) is 17.3 Å². The van der Waals surface area contributed by atoms with E-state index in [1.807, 2.05) is 6.92 Å². The van der Waals surface area contributed by atoms with E-state index in [4.69, 9.17) is 5.73 Å². The maximum atomic E-state index is 11.7. The van der Waals surface area contributed by atoms with Crippen molar-refractivity contribution in [2.75, 3.05) is 11.5 Å². The molecule has 96 valence electrons. The van der Waals surface area contributed by atoms with Crippen LogP contribution in [0.5, 0.6) is 0 Å². The zero-order chi connectivity index (χ0) is 12.5. The van der Waals surface area contributed by atoms with Gasteiger partial charge in [0.25, 0.3) is 0 Å². The van der Waals surface area contributed by atoms with Gasteiger partial charge in [0.2, 0.25) is 10.0 Å². The van der Waals surface area contributed by atoms with Gasteiger partial charge in [-0.15, -0.1) is 11.3 Å². The van der Waals surface area contributed by atoms with Gasteiger partial charge in [0.15, 0.2) is 5.13 Å². The summed E-state index contributed by atoms with van der Waals surface area (Å²) in [5, 5.41) is 0.576. The van der Waals surface area contributed by atoms with Crippen LogP contribution in [0.25, 0.3) is 0 Å². The van der Waals surface area contributed by atoms with Gasteiger partial charge in [-0.2, -0.15) is 0 Å². The molecule has 5 nitrogen and oxygen atoms in total. The normalized spacial score (nSPS) is 20.2. The number of thiazole rings is 1. The van der Waals surface area contributed by atoms with Gasteiger partial charge >= 0.3 is 0 Å². The highest BCUT2D eigenvalue weighted by Gasteiger charge is 2.25. The first-order valence-electron chi connectivity index (χ1n) is 5.74. The van der Waals surface area contributed by atoms with Gasteiger partial charge in [0.05, 0.1) is 11.4 Å². The Bertz CT molecular complexity index is 496. The van der Waals surface area contributed by atoms with Crippen LogP contribution in [0.3, 0.4) is 0 Å². The summed E-state index contributed by atoms with van der Waals surface area (Å²) in [4.78, 5) is 5.36. The van der Waals surface area contributed by atoms with Crippen molar-refractivity contribution in [3.05, 3.63) is 10.6 Å². The smallest absolute Gasteiger partial charge is 0.211 e. The molecule has 1 atom stereocenters. The molecule has 0 fully saturated rings. The van der Waals surface area contributed by atoms with Crippen LogP contribution in [0.2, 0.25) is 0 Å². The van der Waals surface area contributed by atoms with Crippen molar-refractivity contribution < 1.29 is 8.42 Å². The van der Waals surface area contributed by atoms with Crippen LogP contribution < -0.4 is 10.5 Å². The van der Waals surface area contributed by atoms with Crippen LogP contribution in [0.1, 0.15) is 30.3 Å². The van der Waals surface area contributed by atoms with Gasteiger partial charge in [0.1, 0.15) is 0 Å². The number of aryl methyl sites for hydroxylation is 1. The number of anilines is 1. The molecule has 1 aromatic heterocycles. The standard InChI is InChI=1S/C10H17N3O2S2/c1-2-5-17(14,15)13-7-3-4-8-9(6-7)16-10(11)12-8/h7,13H,2-6H2,1H3,(H2,11,12). The molecular weight excluding hydrogens is 258 g/mol. The molecule has 1 aliphatic carbocycles. The summed E-state index contributed by atoms with van der Waals surface area (Å²) in [6.45, 7) is 1.86. The summed E-state index contributed by atoms with van der Waals surface area (Å²) in [5.74, 6) is 0.196. The van der Waals surface area contributed by atoms with E-state index in [1.165, 1.54) is 11.3 Å². The lowest BCUT2D eigenvalue weighted by Gasteiger charge is -2.22. The maximum absolute atomic E-state index is 11.7.